The van der Waals surface area contributed by atoms with Crippen LogP contribution in [0.25, 0.3) is 0 Å². The molecule has 1 unspecified atom stereocenters. The van der Waals surface area contributed by atoms with E-state index in [-0.39, 0.29) is 13.2 Å². The smallest absolute Gasteiger partial charge is 0.394 e. The Kier molecular flexibility index (Phi) is 4.91. The molecule has 0 amide bonds. The van der Waals surface area contributed by atoms with Gasteiger partial charge in [0, 0.05) is 24.8 Å². The molecule has 0 aliphatic heterocycles. The second kappa shape index (κ2) is 5.99. The highest BCUT2D eigenvalue weighted by Crippen LogP contribution is 2.19. The second-order valence-corrected chi connectivity index (χ2v) is 3.52. The van der Waals surface area contributed by atoms with E-state index in [1.54, 1.807) is 6.20 Å². The predicted molar refractivity (Wildman–Crippen MR) is 53.1 cm³/mol. The van der Waals surface area contributed by atoms with Crippen LogP contribution in [-0.2, 0) is 13.1 Å². The van der Waals surface area contributed by atoms with Crippen molar-refractivity contribution in [2.75, 3.05) is 13.2 Å². The summed E-state index contributed by atoms with van der Waals surface area (Å²) in [5.41, 5.74) is 0.688. The average Bonchev–Trinajstić information content (AvgIpc) is 2.65. The number of aromatic nitrogens is 2. The first kappa shape index (κ1) is 13.9. The van der Waals surface area contributed by atoms with Crippen molar-refractivity contribution in [3.63, 3.8) is 0 Å². The van der Waals surface area contributed by atoms with Crippen LogP contribution < -0.4 is 5.32 Å². The first-order valence-corrected chi connectivity index (χ1v) is 5.01. The Balaban J connectivity index is 2.30. The van der Waals surface area contributed by atoms with Gasteiger partial charge in [-0.15, -0.1) is 0 Å². The molecule has 5 nitrogen and oxygen atoms in total. The van der Waals surface area contributed by atoms with Crippen molar-refractivity contribution in [3.8, 4) is 0 Å². The number of hydrogen-bond donors (Lipinski definition) is 3. The van der Waals surface area contributed by atoms with E-state index in [0.717, 1.165) is 0 Å². The lowest BCUT2D eigenvalue weighted by Crippen LogP contribution is -2.38. The van der Waals surface area contributed by atoms with Gasteiger partial charge in [-0.25, -0.2) is 0 Å². The quantitative estimate of drug-likeness (QED) is 0.661. The summed E-state index contributed by atoms with van der Waals surface area (Å²) in [6.45, 7) is -0.0975. The molecule has 17 heavy (non-hydrogen) atoms. The van der Waals surface area contributed by atoms with Gasteiger partial charge in [-0.2, -0.15) is 18.3 Å². The largest absolute Gasteiger partial charge is 0.415 e. The molecule has 0 fully saturated rings. The highest BCUT2D eigenvalue weighted by Gasteiger charge is 2.37. The van der Waals surface area contributed by atoms with Crippen molar-refractivity contribution in [3.05, 3.63) is 18.0 Å². The minimum atomic E-state index is -4.60. The molecule has 0 aliphatic carbocycles. The van der Waals surface area contributed by atoms with Gasteiger partial charge in [0.25, 0.3) is 0 Å². The molecule has 1 atom stereocenters. The van der Waals surface area contributed by atoms with Crippen LogP contribution >= 0.6 is 0 Å². The summed E-state index contributed by atoms with van der Waals surface area (Å²) in [4.78, 5) is 0. The molecule has 0 bridgehead atoms. The molecule has 0 saturated heterocycles. The Bertz CT molecular complexity index is 340. The topological polar surface area (TPSA) is 70.3 Å². The lowest BCUT2D eigenvalue weighted by Gasteiger charge is -2.14. The summed E-state index contributed by atoms with van der Waals surface area (Å²) in [5.74, 6) is 0. The molecule has 1 aromatic heterocycles. The number of aliphatic hydroxyl groups is 2. The molecular weight excluding hydrogens is 239 g/mol. The molecule has 98 valence electrons. The zero-order valence-corrected chi connectivity index (χ0v) is 8.98. The van der Waals surface area contributed by atoms with E-state index in [1.807, 2.05) is 0 Å². The van der Waals surface area contributed by atoms with Gasteiger partial charge in [-0.05, 0) is 0 Å². The summed E-state index contributed by atoms with van der Waals surface area (Å²) >= 11 is 0. The predicted octanol–water partition coefficient (Wildman–Crippen LogP) is -0.112. The number of rotatable bonds is 6. The van der Waals surface area contributed by atoms with Gasteiger partial charge in [0.1, 0.15) is 0 Å². The SMILES string of the molecule is OCCn1cc(CNCC(O)C(F)(F)F)cn1. The Labute approximate surface area is 95.9 Å². The number of nitrogens with zero attached hydrogens (tertiary/aromatic N) is 2. The molecule has 0 spiro atoms. The first-order valence-electron chi connectivity index (χ1n) is 5.01. The van der Waals surface area contributed by atoms with Gasteiger partial charge in [-0.3, -0.25) is 4.68 Å². The van der Waals surface area contributed by atoms with Gasteiger partial charge < -0.3 is 15.5 Å². The van der Waals surface area contributed by atoms with Crippen LogP contribution in [-0.4, -0.2) is 45.4 Å². The molecule has 1 rings (SSSR count). The molecule has 1 heterocycles. The van der Waals surface area contributed by atoms with E-state index in [9.17, 15) is 13.2 Å². The molecule has 8 heteroatoms. The maximum atomic E-state index is 11.9. The van der Waals surface area contributed by atoms with Crippen LogP contribution in [0, 0.1) is 0 Å². The molecule has 0 aromatic carbocycles. The Morgan fingerprint density at radius 3 is 2.76 bits per heavy atom. The monoisotopic (exact) mass is 253 g/mol. The first-order chi connectivity index (χ1) is 7.93. The van der Waals surface area contributed by atoms with Crippen molar-refractivity contribution in [1.82, 2.24) is 15.1 Å². The maximum Gasteiger partial charge on any atom is 0.415 e. The molecule has 3 N–H and O–H groups in total. The van der Waals surface area contributed by atoms with E-state index in [4.69, 9.17) is 10.2 Å². The number of halogens is 3. The van der Waals surface area contributed by atoms with Crippen molar-refractivity contribution in [2.24, 2.45) is 0 Å². The van der Waals surface area contributed by atoms with Gasteiger partial charge in [0.05, 0.1) is 19.3 Å². The lowest BCUT2D eigenvalue weighted by atomic mass is 10.3. The zero-order valence-electron chi connectivity index (χ0n) is 8.98. The van der Waals surface area contributed by atoms with Crippen LogP contribution in [0.4, 0.5) is 13.2 Å². The summed E-state index contributed by atoms with van der Waals surface area (Å²) in [5, 5.41) is 23.7. The minimum Gasteiger partial charge on any atom is -0.394 e. The highest BCUT2D eigenvalue weighted by atomic mass is 19.4. The summed E-state index contributed by atoms with van der Waals surface area (Å²) in [6.07, 6.45) is -3.87. The zero-order chi connectivity index (χ0) is 12.9. The van der Waals surface area contributed by atoms with E-state index in [2.05, 4.69) is 10.4 Å². The van der Waals surface area contributed by atoms with Gasteiger partial charge in [0.15, 0.2) is 6.10 Å². The molecule has 0 aliphatic rings. The van der Waals surface area contributed by atoms with Crippen LogP contribution in [0.5, 0.6) is 0 Å². The molecule has 1 aromatic rings. The number of hydrogen-bond acceptors (Lipinski definition) is 4. The lowest BCUT2D eigenvalue weighted by molar-refractivity contribution is -0.201. The third-order valence-corrected chi connectivity index (χ3v) is 2.06. The van der Waals surface area contributed by atoms with Crippen LogP contribution in [0.3, 0.4) is 0 Å². The van der Waals surface area contributed by atoms with E-state index >= 15 is 0 Å². The summed E-state index contributed by atoms with van der Waals surface area (Å²) in [7, 11) is 0. The summed E-state index contributed by atoms with van der Waals surface area (Å²) in [6, 6.07) is 0. The molecule has 0 radical (unpaired) electrons. The van der Waals surface area contributed by atoms with Gasteiger partial charge in [0.2, 0.25) is 0 Å². The fraction of sp³-hybridized carbons (Fsp3) is 0.667. The maximum absolute atomic E-state index is 11.9. The van der Waals surface area contributed by atoms with Gasteiger partial charge >= 0.3 is 6.18 Å². The van der Waals surface area contributed by atoms with Crippen molar-refractivity contribution in [1.29, 1.82) is 0 Å². The second-order valence-electron chi connectivity index (χ2n) is 3.52. The number of aliphatic hydroxyl groups excluding tert-OH is 2. The standard InChI is InChI=1S/C9H14F3N3O2/c10-9(11,12)8(17)5-13-3-7-4-14-15(6-7)1-2-16/h4,6,8,13,16-17H,1-3,5H2. The molecule has 0 saturated carbocycles. The van der Waals surface area contributed by atoms with Crippen molar-refractivity contribution >= 4 is 0 Å². The van der Waals surface area contributed by atoms with E-state index in [0.29, 0.717) is 12.1 Å². The van der Waals surface area contributed by atoms with Crippen molar-refractivity contribution in [2.45, 2.75) is 25.4 Å². The van der Waals surface area contributed by atoms with Crippen molar-refractivity contribution < 1.29 is 23.4 Å². The average molecular weight is 253 g/mol. The normalized spacial score (nSPS) is 13.9. The third kappa shape index (κ3) is 4.72. The Morgan fingerprint density at radius 2 is 2.18 bits per heavy atom. The van der Waals surface area contributed by atoms with Crippen LogP contribution in [0.15, 0.2) is 12.4 Å². The highest BCUT2D eigenvalue weighted by molar-refractivity contribution is 5.03. The van der Waals surface area contributed by atoms with E-state index in [1.165, 1.54) is 10.9 Å². The minimum absolute atomic E-state index is 0.0542. The Hall–Kier alpha value is -1.12. The van der Waals surface area contributed by atoms with Crippen LogP contribution in [0.2, 0.25) is 0 Å². The number of alkyl halides is 3. The van der Waals surface area contributed by atoms with Crippen LogP contribution in [0.1, 0.15) is 5.56 Å². The van der Waals surface area contributed by atoms with E-state index < -0.39 is 18.8 Å². The summed E-state index contributed by atoms with van der Waals surface area (Å²) < 4.78 is 37.3. The number of nitrogens with one attached hydrogen (secondary N) is 1. The Morgan fingerprint density at radius 1 is 1.47 bits per heavy atom. The molecular formula is C9H14F3N3O2. The third-order valence-electron chi connectivity index (χ3n) is 2.06. The fourth-order valence-corrected chi connectivity index (χ4v) is 1.19. The van der Waals surface area contributed by atoms with Gasteiger partial charge in [-0.1, -0.05) is 0 Å². The fourth-order valence-electron chi connectivity index (χ4n) is 1.19.